The number of fused-ring (bicyclic) bond motifs is 1. The van der Waals surface area contributed by atoms with Gasteiger partial charge < -0.3 is 0 Å². The number of rotatable bonds is 0. The molecule has 0 atom stereocenters. The van der Waals surface area contributed by atoms with Gasteiger partial charge in [-0.05, 0) is 44.6 Å². The van der Waals surface area contributed by atoms with Gasteiger partial charge in [0.15, 0.2) is 0 Å². The summed E-state index contributed by atoms with van der Waals surface area (Å²) in [4.78, 5) is 0. The Morgan fingerprint density at radius 3 is 3.00 bits per heavy atom. The summed E-state index contributed by atoms with van der Waals surface area (Å²) in [5.41, 5.74) is 0.639. The molecule has 0 unspecified atom stereocenters. The molecule has 2 nitrogen and oxygen atoms in total. The second-order valence-electron chi connectivity index (χ2n) is 2.32. The number of hydrogen-bond acceptors (Lipinski definition) is 1. The smallest absolute Gasteiger partial charge is 0.138 e. The molecule has 2 aromatic rings. The predicted octanol–water partition coefficient (Wildman–Crippen LogP) is 3.07. The second-order valence-corrected chi connectivity index (χ2v) is 4.28. The maximum atomic E-state index is 13.0. The molecule has 0 fully saturated rings. The van der Waals surface area contributed by atoms with Crippen molar-refractivity contribution in [2.24, 2.45) is 0 Å². The predicted molar refractivity (Wildman–Crippen MR) is 56.5 cm³/mol. The van der Waals surface area contributed by atoms with Crippen LogP contribution >= 0.6 is 38.5 Å². The van der Waals surface area contributed by atoms with Crippen molar-refractivity contribution >= 4 is 49.4 Å². The molecular weight excluding hydrogens is 338 g/mol. The second kappa shape index (κ2) is 2.95. The van der Waals surface area contributed by atoms with Crippen LogP contribution in [0.5, 0.6) is 0 Å². The minimum absolute atomic E-state index is 0.234. The van der Waals surface area contributed by atoms with Gasteiger partial charge in [-0.2, -0.15) is 5.10 Å². The number of nitrogens with one attached hydrogen (secondary N) is 1. The number of aromatic nitrogens is 2. The van der Waals surface area contributed by atoms with Crippen molar-refractivity contribution in [2.75, 3.05) is 0 Å². The van der Waals surface area contributed by atoms with Gasteiger partial charge in [0.2, 0.25) is 0 Å². The third-order valence-electron chi connectivity index (χ3n) is 1.55. The summed E-state index contributed by atoms with van der Waals surface area (Å²) in [6.07, 6.45) is 0. The van der Waals surface area contributed by atoms with Crippen molar-refractivity contribution < 1.29 is 4.39 Å². The highest BCUT2D eigenvalue weighted by Gasteiger charge is 2.06. The van der Waals surface area contributed by atoms with E-state index in [4.69, 9.17) is 0 Å². The van der Waals surface area contributed by atoms with Crippen molar-refractivity contribution in [1.29, 1.82) is 0 Å². The normalized spacial score (nSPS) is 10.9. The third-order valence-corrected chi connectivity index (χ3v) is 2.98. The third kappa shape index (κ3) is 1.24. The number of hydrogen-bond donors (Lipinski definition) is 1. The van der Waals surface area contributed by atoms with Crippen molar-refractivity contribution in [3.8, 4) is 0 Å². The molecule has 1 aromatic carbocycles. The summed E-state index contributed by atoms with van der Waals surface area (Å²) in [6, 6.07) is 3.16. The number of benzene rings is 1. The highest BCUT2D eigenvalue weighted by molar-refractivity contribution is 14.1. The minimum atomic E-state index is -0.234. The molecule has 0 amide bonds. The summed E-state index contributed by atoms with van der Waals surface area (Å²) in [5.74, 6) is -0.234. The van der Waals surface area contributed by atoms with E-state index in [1.54, 1.807) is 6.07 Å². The monoisotopic (exact) mass is 340 g/mol. The number of aromatic amines is 1. The van der Waals surface area contributed by atoms with E-state index in [1.807, 2.05) is 22.6 Å². The van der Waals surface area contributed by atoms with Crippen LogP contribution in [0.3, 0.4) is 0 Å². The molecule has 0 saturated carbocycles. The van der Waals surface area contributed by atoms with E-state index in [0.717, 1.165) is 9.99 Å². The Kier molecular flexibility index (Phi) is 2.07. The summed E-state index contributed by atoms with van der Waals surface area (Å²) >= 11 is 5.23. The van der Waals surface area contributed by atoms with Crippen molar-refractivity contribution in [2.45, 2.75) is 0 Å². The molecule has 2 rings (SSSR count). The Hall–Kier alpha value is -0.170. The SMILES string of the molecule is Fc1cc2n[nH]c(Br)c2cc1I. The van der Waals surface area contributed by atoms with Crippen LogP contribution in [0.4, 0.5) is 4.39 Å². The molecule has 0 aliphatic heterocycles. The van der Waals surface area contributed by atoms with E-state index >= 15 is 0 Å². The fraction of sp³-hybridized carbons (Fsp3) is 0. The van der Waals surface area contributed by atoms with Gasteiger partial charge >= 0.3 is 0 Å². The average molecular weight is 341 g/mol. The number of H-pyrrole nitrogens is 1. The van der Waals surface area contributed by atoms with Gasteiger partial charge in [0, 0.05) is 15.0 Å². The van der Waals surface area contributed by atoms with Gasteiger partial charge in [-0.3, -0.25) is 5.10 Å². The standard InChI is InChI=1S/C7H3BrFIN2/c8-7-3-1-5(10)4(9)2-6(3)11-12-7/h1-2H,(H,11,12). The minimum Gasteiger partial charge on any atom is -0.270 e. The summed E-state index contributed by atoms with van der Waals surface area (Å²) in [7, 11) is 0. The van der Waals surface area contributed by atoms with Crippen molar-refractivity contribution in [3.63, 3.8) is 0 Å². The van der Waals surface area contributed by atoms with E-state index in [2.05, 4.69) is 26.1 Å². The Bertz CT molecular complexity index is 440. The quantitative estimate of drug-likeness (QED) is 0.734. The Balaban J connectivity index is 2.87. The van der Waals surface area contributed by atoms with Gasteiger partial charge in [-0.25, -0.2) is 4.39 Å². The van der Waals surface area contributed by atoms with E-state index in [1.165, 1.54) is 6.07 Å². The molecular formula is C7H3BrFIN2. The highest BCUT2D eigenvalue weighted by atomic mass is 127. The molecule has 0 saturated heterocycles. The van der Waals surface area contributed by atoms with Gasteiger partial charge in [0.25, 0.3) is 0 Å². The van der Waals surface area contributed by atoms with Gasteiger partial charge in [0.1, 0.15) is 10.4 Å². The molecule has 0 aliphatic carbocycles. The maximum absolute atomic E-state index is 13.0. The fourth-order valence-corrected chi connectivity index (χ4v) is 1.85. The molecule has 0 bridgehead atoms. The Labute approximate surface area is 89.8 Å². The van der Waals surface area contributed by atoms with E-state index < -0.39 is 0 Å². The molecule has 0 aliphatic rings. The Morgan fingerprint density at radius 1 is 1.50 bits per heavy atom. The molecule has 0 radical (unpaired) electrons. The van der Waals surface area contributed by atoms with Crippen LogP contribution in [0.25, 0.3) is 10.9 Å². The fourth-order valence-electron chi connectivity index (χ4n) is 0.974. The van der Waals surface area contributed by atoms with E-state index in [9.17, 15) is 4.39 Å². The lowest BCUT2D eigenvalue weighted by Gasteiger charge is -1.93. The average Bonchev–Trinajstić information content (AvgIpc) is 2.35. The van der Waals surface area contributed by atoms with Crippen LogP contribution in [0.1, 0.15) is 0 Å². The zero-order valence-electron chi connectivity index (χ0n) is 5.74. The lowest BCUT2D eigenvalue weighted by molar-refractivity contribution is 0.622. The highest BCUT2D eigenvalue weighted by Crippen LogP contribution is 2.24. The first-order valence-corrected chi connectivity index (χ1v) is 5.04. The van der Waals surface area contributed by atoms with Crippen LogP contribution < -0.4 is 0 Å². The van der Waals surface area contributed by atoms with E-state index in [0.29, 0.717) is 9.09 Å². The molecule has 0 spiro atoms. The van der Waals surface area contributed by atoms with Crippen molar-refractivity contribution in [1.82, 2.24) is 10.2 Å². The molecule has 1 aromatic heterocycles. The molecule has 12 heavy (non-hydrogen) atoms. The van der Waals surface area contributed by atoms with E-state index in [-0.39, 0.29) is 5.82 Å². The van der Waals surface area contributed by atoms with Crippen LogP contribution in [0, 0.1) is 9.39 Å². The first kappa shape index (κ1) is 8.43. The lowest BCUT2D eigenvalue weighted by Crippen LogP contribution is -1.80. The molecule has 1 heterocycles. The van der Waals surface area contributed by atoms with Gasteiger partial charge in [-0.1, -0.05) is 0 Å². The summed E-state index contributed by atoms with van der Waals surface area (Å²) in [6.45, 7) is 0. The molecule has 62 valence electrons. The first-order chi connectivity index (χ1) is 5.68. The van der Waals surface area contributed by atoms with Crippen molar-refractivity contribution in [3.05, 3.63) is 26.1 Å². The van der Waals surface area contributed by atoms with Crippen LogP contribution in [-0.4, -0.2) is 10.2 Å². The first-order valence-electron chi connectivity index (χ1n) is 3.17. The maximum Gasteiger partial charge on any atom is 0.138 e. The van der Waals surface area contributed by atoms with Crippen LogP contribution in [0.15, 0.2) is 16.7 Å². The van der Waals surface area contributed by atoms with Crippen LogP contribution in [0.2, 0.25) is 0 Å². The topological polar surface area (TPSA) is 28.7 Å². The molecule has 1 N–H and O–H groups in total. The largest absolute Gasteiger partial charge is 0.270 e. The van der Waals surface area contributed by atoms with Gasteiger partial charge in [0.05, 0.1) is 5.52 Å². The van der Waals surface area contributed by atoms with Crippen LogP contribution in [-0.2, 0) is 0 Å². The summed E-state index contributed by atoms with van der Waals surface area (Å²) < 4.78 is 14.4. The lowest BCUT2D eigenvalue weighted by atomic mass is 10.2. The number of halogens is 3. The summed E-state index contributed by atoms with van der Waals surface area (Å²) in [5, 5.41) is 7.54. The zero-order chi connectivity index (χ0) is 8.72. The zero-order valence-corrected chi connectivity index (χ0v) is 9.48. The Morgan fingerprint density at radius 2 is 2.25 bits per heavy atom. The molecule has 5 heteroatoms. The van der Waals surface area contributed by atoms with Gasteiger partial charge in [-0.15, -0.1) is 0 Å². The number of nitrogens with zero attached hydrogens (tertiary/aromatic N) is 1.